The van der Waals surface area contributed by atoms with Crippen molar-refractivity contribution in [2.45, 2.75) is 51.6 Å². The lowest BCUT2D eigenvalue weighted by Gasteiger charge is -2.24. The predicted octanol–water partition coefficient (Wildman–Crippen LogP) is 3.86. The number of benzene rings is 1. The van der Waals surface area contributed by atoms with Gasteiger partial charge in [0.25, 0.3) is 0 Å². The largest absolute Gasteiger partial charge is 0.393 e. The van der Waals surface area contributed by atoms with Gasteiger partial charge >= 0.3 is 0 Å². The molecule has 2 aliphatic rings. The zero-order chi connectivity index (χ0) is 13.4. The summed E-state index contributed by atoms with van der Waals surface area (Å²) in [5.41, 5.74) is 2.03. The fraction of sp³-hybridized carbons (Fsp3) is 0.647. The summed E-state index contributed by atoms with van der Waals surface area (Å²) in [5.74, 6) is 2.29. The van der Waals surface area contributed by atoms with Gasteiger partial charge in [0.15, 0.2) is 0 Å². The van der Waals surface area contributed by atoms with Gasteiger partial charge in [0.05, 0.1) is 6.10 Å². The molecule has 0 spiro atoms. The van der Waals surface area contributed by atoms with Gasteiger partial charge in [-0.2, -0.15) is 0 Å². The van der Waals surface area contributed by atoms with E-state index >= 15 is 0 Å². The Labute approximate surface area is 114 Å². The maximum atomic E-state index is 13.2. The Morgan fingerprint density at radius 1 is 1.32 bits per heavy atom. The van der Waals surface area contributed by atoms with Crippen LogP contribution in [-0.2, 0) is 6.42 Å². The van der Waals surface area contributed by atoms with Crippen LogP contribution in [0.15, 0.2) is 18.2 Å². The van der Waals surface area contributed by atoms with Crippen molar-refractivity contribution >= 4 is 0 Å². The van der Waals surface area contributed by atoms with Gasteiger partial charge in [-0.3, -0.25) is 0 Å². The number of halogens is 1. The first-order valence-corrected chi connectivity index (χ1v) is 7.55. The normalized spacial score (nSPS) is 30.8. The molecule has 19 heavy (non-hydrogen) atoms. The van der Waals surface area contributed by atoms with Crippen LogP contribution in [0, 0.1) is 30.5 Å². The molecule has 0 heterocycles. The van der Waals surface area contributed by atoms with Gasteiger partial charge in [0, 0.05) is 0 Å². The molecule has 2 fully saturated rings. The van der Waals surface area contributed by atoms with Gasteiger partial charge in [-0.25, -0.2) is 4.39 Å². The molecule has 2 bridgehead atoms. The van der Waals surface area contributed by atoms with Gasteiger partial charge in [-0.15, -0.1) is 0 Å². The Bertz CT molecular complexity index is 457. The zero-order valence-electron chi connectivity index (χ0n) is 11.6. The monoisotopic (exact) mass is 262 g/mol. The van der Waals surface area contributed by atoms with E-state index in [9.17, 15) is 9.50 Å². The highest BCUT2D eigenvalue weighted by Crippen LogP contribution is 2.49. The van der Waals surface area contributed by atoms with Crippen molar-refractivity contribution in [1.82, 2.24) is 0 Å². The summed E-state index contributed by atoms with van der Waals surface area (Å²) in [5, 5.41) is 10.3. The first kappa shape index (κ1) is 13.1. The summed E-state index contributed by atoms with van der Waals surface area (Å²) < 4.78 is 13.2. The Morgan fingerprint density at radius 2 is 2.16 bits per heavy atom. The van der Waals surface area contributed by atoms with Crippen molar-refractivity contribution in [3.8, 4) is 0 Å². The van der Waals surface area contributed by atoms with Crippen LogP contribution in [0.25, 0.3) is 0 Å². The van der Waals surface area contributed by atoms with Crippen LogP contribution in [0.5, 0.6) is 0 Å². The van der Waals surface area contributed by atoms with Crippen molar-refractivity contribution in [3.05, 3.63) is 35.1 Å². The fourth-order valence-corrected chi connectivity index (χ4v) is 4.21. The Balaban J connectivity index is 1.59. The van der Waals surface area contributed by atoms with Gasteiger partial charge in [-0.05, 0) is 80.0 Å². The minimum atomic E-state index is -0.315. The lowest BCUT2D eigenvalue weighted by Crippen LogP contribution is -2.20. The summed E-state index contributed by atoms with van der Waals surface area (Å²) >= 11 is 0. The van der Waals surface area contributed by atoms with Crippen molar-refractivity contribution in [2.24, 2.45) is 17.8 Å². The number of rotatable bonds is 4. The maximum Gasteiger partial charge on any atom is 0.123 e. The van der Waals surface area contributed by atoms with Crippen molar-refractivity contribution in [3.63, 3.8) is 0 Å². The van der Waals surface area contributed by atoms with E-state index in [0.717, 1.165) is 29.4 Å². The molecule has 1 aromatic carbocycles. The lowest BCUT2D eigenvalue weighted by atomic mass is 9.83. The summed E-state index contributed by atoms with van der Waals surface area (Å²) in [6.45, 7) is 1.99. The highest BCUT2D eigenvalue weighted by molar-refractivity contribution is 5.27. The highest BCUT2D eigenvalue weighted by Gasteiger charge is 2.39. The smallest absolute Gasteiger partial charge is 0.123 e. The Kier molecular flexibility index (Phi) is 3.62. The summed E-state index contributed by atoms with van der Waals surface area (Å²) in [4.78, 5) is 0. The van der Waals surface area contributed by atoms with Crippen LogP contribution in [0.2, 0.25) is 0 Å². The predicted molar refractivity (Wildman–Crippen MR) is 74.4 cm³/mol. The molecule has 104 valence electrons. The number of aryl methyl sites for hydroxylation is 1. The minimum Gasteiger partial charge on any atom is -0.393 e. The number of aliphatic hydroxyl groups excluding tert-OH is 1. The second-order valence-corrected chi connectivity index (χ2v) is 6.60. The molecule has 0 amide bonds. The maximum absolute atomic E-state index is 13.2. The van der Waals surface area contributed by atoms with E-state index in [1.165, 1.54) is 31.7 Å². The van der Waals surface area contributed by atoms with E-state index in [0.29, 0.717) is 12.3 Å². The van der Waals surface area contributed by atoms with Crippen LogP contribution in [-0.4, -0.2) is 11.2 Å². The SMILES string of the molecule is Cc1ccc(F)cc1CC(O)CC1CC2CCC1C2. The number of fused-ring (bicyclic) bond motifs is 2. The lowest BCUT2D eigenvalue weighted by molar-refractivity contribution is 0.124. The third-order valence-corrected chi connectivity index (χ3v) is 5.23. The van der Waals surface area contributed by atoms with E-state index in [1.807, 2.05) is 6.92 Å². The van der Waals surface area contributed by atoms with Gasteiger partial charge in [0.2, 0.25) is 0 Å². The molecule has 3 rings (SSSR count). The molecule has 0 aliphatic heterocycles. The fourth-order valence-electron chi connectivity index (χ4n) is 4.21. The molecule has 1 nitrogen and oxygen atoms in total. The molecule has 2 saturated carbocycles. The Hall–Kier alpha value is -0.890. The third kappa shape index (κ3) is 2.84. The molecule has 4 atom stereocenters. The number of hydrogen-bond acceptors (Lipinski definition) is 1. The van der Waals surface area contributed by atoms with Gasteiger partial charge in [0.1, 0.15) is 5.82 Å². The summed E-state index contributed by atoms with van der Waals surface area (Å²) in [6, 6.07) is 4.86. The van der Waals surface area contributed by atoms with Crippen molar-refractivity contribution < 1.29 is 9.50 Å². The van der Waals surface area contributed by atoms with E-state index < -0.39 is 0 Å². The third-order valence-electron chi connectivity index (χ3n) is 5.23. The average Bonchev–Trinajstić information content (AvgIpc) is 2.96. The molecule has 0 aromatic heterocycles. The molecule has 2 heteroatoms. The molecule has 2 aliphatic carbocycles. The second kappa shape index (κ2) is 5.24. The Morgan fingerprint density at radius 3 is 2.84 bits per heavy atom. The van der Waals surface area contributed by atoms with Crippen LogP contribution in [0.1, 0.15) is 43.2 Å². The van der Waals surface area contributed by atoms with Crippen LogP contribution in [0.4, 0.5) is 4.39 Å². The van der Waals surface area contributed by atoms with Crippen molar-refractivity contribution in [1.29, 1.82) is 0 Å². The molecule has 0 radical (unpaired) electrons. The van der Waals surface area contributed by atoms with Gasteiger partial charge < -0.3 is 5.11 Å². The first-order chi connectivity index (χ1) is 9.11. The zero-order valence-corrected chi connectivity index (χ0v) is 11.6. The number of hydrogen-bond donors (Lipinski definition) is 1. The van der Waals surface area contributed by atoms with E-state index in [2.05, 4.69) is 0 Å². The highest BCUT2D eigenvalue weighted by atomic mass is 19.1. The van der Waals surface area contributed by atoms with Gasteiger partial charge in [-0.1, -0.05) is 12.5 Å². The quantitative estimate of drug-likeness (QED) is 0.873. The summed E-state index contributed by atoms with van der Waals surface area (Å²) in [6.07, 6.45) is 6.64. The molecule has 1 N–H and O–H groups in total. The molecule has 4 unspecified atom stereocenters. The summed E-state index contributed by atoms with van der Waals surface area (Å²) in [7, 11) is 0. The van der Waals surface area contributed by atoms with Crippen LogP contribution < -0.4 is 0 Å². The molecular formula is C17H23FO. The molecular weight excluding hydrogens is 239 g/mol. The molecule has 1 aromatic rings. The first-order valence-electron chi connectivity index (χ1n) is 7.55. The van der Waals surface area contributed by atoms with E-state index in [1.54, 1.807) is 12.1 Å². The number of aliphatic hydroxyl groups is 1. The average molecular weight is 262 g/mol. The van der Waals surface area contributed by atoms with Crippen LogP contribution in [0.3, 0.4) is 0 Å². The van der Waals surface area contributed by atoms with Crippen LogP contribution >= 0.6 is 0 Å². The molecule has 0 saturated heterocycles. The topological polar surface area (TPSA) is 20.2 Å². The minimum absolute atomic E-state index is 0.201. The van der Waals surface area contributed by atoms with E-state index in [4.69, 9.17) is 0 Å². The van der Waals surface area contributed by atoms with E-state index in [-0.39, 0.29) is 11.9 Å². The standard InChI is InChI=1S/C17H23FO/c1-11-2-5-16(18)8-14(11)9-17(19)10-15-7-12-3-4-13(15)6-12/h2,5,8,12-13,15,17,19H,3-4,6-7,9-10H2,1H3. The van der Waals surface area contributed by atoms with Crippen molar-refractivity contribution in [2.75, 3.05) is 0 Å². The second-order valence-electron chi connectivity index (χ2n) is 6.60.